The van der Waals surface area contributed by atoms with E-state index in [4.69, 9.17) is 17.3 Å². The van der Waals surface area contributed by atoms with Gasteiger partial charge in [0, 0.05) is 13.1 Å². The second kappa shape index (κ2) is 4.61. The third kappa shape index (κ3) is 2.31. The van der Waals surface area contributed by atoms with Gasteiger partial charge in [-0.3, -0.25) is 0 Å². The third-order valence-corrected chi connectivity index (χ3v) is 4.94. The van der Waals surface area contributed by atoms with Gasteiger partial charge in [0.25, 0.3) is 0 Å². The summed E-state index contributed by atoms with van der Waals surface area (Å²) in [4.78, 5) is -0.0205. The van der Waals surface area contributed by atoms with E-state index in [1.165, 1.54) is 23.5 Å². The zero-order valence-electron chi connectivity index (χ0n) is 9.44. The van der Waals surface area contributed by atoms with Crippen molar-refractivity contribution < 1.29 is 8.42 Å². The molecule has 0 aliphatic rings. The summed E-state index contributed by atoms with van der Waals surface area (Å²) in [7, 11) is -2.12. The Hall–Kier alpha value is -0.780. The van der Waals surface area contributed by atoms with Gasteiger partial charge in [0.15, 0.2) is 0 Å². The molecule has 0 amide bonds. The molecule has 0 unspecified atom stereocenters. The smallest absolute Gasteiger partial charge is 0.246 e. The largest absolute Gasteiger partial charge is 0.398 e. The van der Waals surface area contributed by atoms with Crippen LogP contribution in [0.15, 0.2) is 23.1 Å². The average molecular weight is 263 g/mol. The van der Waals surface area contributed by atoms with Crippen molar-refractivity contribution in [1.29, 1.82) is 0 Å². The molecule has 0 heterocycles. The Morgan fingerprint density at radius 3 is 2.38 bits per heavy atom. The SMILES string of the molecule is CC(C)N(C)S(=O)(=O)c1c(N)cccc1Cl. The van der Waals surface area contributed by atoms with Crippen molar-refractivity contribution in [2.45, 2.75) is 24.8 Å². The number of sulfonamides is 1. The predicted octanol–water partition coefficient (Wildman–Crippen LogP) is 1.95. The highest BCUT2D eigenvalue weighted by molar-refractivity contribution is 7.89. The van der Waals surface area contributed by atoms with Crippen LogP contribution in [0.5, 0.6) is 0 Å². The maximum Gasteiger partial charge on any atom is 0.246 e. The van der Waals surface area contributed by atoms with Gasteiger partial charge in [-0.05, 0) is 26.0 Å². The van der Waals surface area contributed by atoms with Crippen molar-refractivity contribution in [3.63, 3.8) is 0 Å². The molecule has 0 fully saturated rings. The molecular weight excluding hydrogens is 248 g/mol. The van der Waals surface area contributed by atoms with E-state index in [1.807, 2.05) is 0 Å². The summed E-state index contributed by atoms with van der Waals surface area (Å²) < 4.78 is 25.6. The number of hydrogen-bond acceptors (Lipinski definition) is 3. The normalized spacial score (nSPS) is 12.4. The van der Waals surface area contributed by atoms with Crippen LogP contribution in [0.3, 0.4) is 0 Å². The maximum absolute atomic E-state index is 12.2. The molecule has 90 valence electrons. The number of hydrogen-bond donors (Lipinski definition) is 1. The van der Waals surface area contributed by atoms with E-state index >= 15 is 0 Å². The third-order valence-electron chi connectivity index (χ3n) is 2.36. The Bertz CT molecular complexity index is 465. The highest BCUT2D eigenvalue weighted by atomic mass is 35.5. The van der Waals surface area contributed by atoms with Gasteiger partial charge in [0.05, 0.1) is 10.7 Å². The van der Waals surface area contributed by atoms with Gasteiger partial charge >= 0.3 is 0 Å². The minimum Gasteiger partial charge on any atom is -0.398 e. The number of halogens is 1. The average Bonchev–Trinajstić information content (AvgIpc) is 2.15. The van der Waals surface area contributed by atoms with Crippen LogP contribution in [0.4, 0.5) is 5.69 Å². The summed E-state index contributed by atoms with van der Waals surface area (Å²) in [5.74, 6) is 0. The minimum atomic E-state index is -3.62. The quantitative estimate of drug-likeness (QED) is 0.847. The fraction of sp³-hybridized carbons (Fsp3) is 0.400. The van der Waals surface area contributed by atoms with Gasteiger partial charge in [-0.25, -0.2) is 8.42 Å². The second-order valence-electron chi connectivity index (χ2n) is 3.77. The summed E-state index contributed by atoms with van der Waals surface area (Å²) in [5.41, 5.74) is 5.82. The highest BCUT2D eigenvalue weighted by Crippen LogP contribution is 2.29. The van der Waals surface area contributed by atoms with Crippen molar-refractivity contribution in [2.24, 2.45) is 0 Å². The van der Waals surface area contributed by atoms with Gasteiger partial charge < -0.3 is 5.73 Å². The number of rotatable bonds is 3. The van der Waals surface area contributed by atoms with Gasteiger partial charge in [-0.2, -0.15) is 4.31 Å². The molecular formula is C10H15ClN2O2S. The maximum atomic E-state index is 12.2. The van der Waals surface area contributed by atoms with Gasteiger partial charge in [0.2, 0.25) is 10.0 Å². The van der Waals surface area contributed by atoms with Crippen molar-refractivity contribution in [2.75, 3.05) is 12.8 Å². The Kier molecular flexibility index (Phi) is 3.83. The molecule has 6 heteroatoms. The van der Waals surface area contributed by atoms with E-state index < -0.39 is 10.0 Å². The van der Waals surface area contributed by atoms with Crippen LogP contribution in [0.1, 0.15) is 13.8 Å². The first-order chi connectivity index (χ1) is 7.28. The molecule has 0 bridgehead atoms. The van der Waals surface area contributed by atoms with E-state index in [0.29, 0.717) is 0 Å². The fourth-order valence-electron chi connectivity index (χ4n) is 1.22. The van der Waals surface area contributed by atoms with Crippen LogP contribution in [-0.2, 0) is 10.0 Å². The molecule has 0 spiro atoms. The van der Waals surface area contributed by atoms with Crippen LogP contribution in [0.2, 0.25) is 5.02 Å². The van der Waals surface area contributed by atoms with Gasteiger partial charge in [-0.15, -0.1) is 0 Å². The van der Waals surface area contributed by atoms with Gasteiger partial charge in [-0.1, -0.05) is 17.7 Å². The van der Waals surface area contributed by atoms with Crippen molar-refractivity contribution >= 4 is 27.3 Å². The number of nitrogen functional groups attached to an aromatic ring is 1. The van der Waals surface area contributed by atoms with Crippen molar-refractivity contribution in [1.82, 2.24) is 4.31 Å². The summed E-state index contributed by atoms with van der Waals surface area (Å²) in [6.07, 6.45) is 0. The molecule has 1 aromatic rings. The molecule has 0 aromatic heterocycles. The molecule has 4 nitrogen and oxygen atoms in total. The lowest BCUT2D eigenvalue weighted by molar-refractivity contribution is 0.411. The standard InChI is InChI=1S/C10H15ClN2O2S/c1-7(2)13(3)16(14,15)10-8(11)5-4-6-9(10)12/h4-7H,12H2,1-3H3. The molecule has 1 rings (SSSR count). The molecule has 0 radical (unpaired) electrons. The summed E-state index contributed by atoms with van der Waals surface area (Å²) in [6.45, 7) is 3.56. The molecule has 2 N–H and O–H groups in total. The molecule has 16 heavy (non-hydrogen) atoms. The molecule has 0 saturated heterocycles. The van der Waals surface area contributed by atoms with Crippen LogP contribution in [0.25, 0.3) is 0 Å². The van der Waals surface area contributed by atoms with E-state index in [1.54, 1.807) is 19.9 Å². The zero-order chi connectivity index (χ0) is 12.5. The minimum absolute atomic E-state index is 0.0205. The topological polar surface area (TPSA) is 63.4 Å². The lowest BCUT2D eigenvalue weighted by atomic mass is 10.3. The number of benzene rings is 1. The Labute approximate surface area is 101 Å². The first-order valence-electron chi connectivity index (χ1n) is 4.80. The summed E-state index contributed by atoms with van der Waals surface area (Å²) >= 11 is 5.88. The number of anilines is 1. The number of nitrogens with two attached hydrogens (primary N) is 1. The molecule has 0 saturated carbocycles. The number of nitrogens with zero attached hydrogens (tertiary/aromatic N) is 1. The van der Waals surface area contributed by atoms with Crippen molar-refractivity contribution in [3.8, 4) is 0 Å². The van der Waals surface area contributed by atoms with E-state index in [-0.39, 0.29) is 21.6 Å². The van der Waals surface area contributed by atoms with E-state index in [2.05, 4.69) is 0 Å². The van der Waals surface area contributed by atoms with E-state index in [0.717, 1.165) is 0 Å². The summed E-state index contributed by atoms with van der Waals surface area (Å²) in [6, 6.07) is 4.50. The van der Waals surface area contributed by atoms with Crippen LogP contribution >= 0.6 is 11.6 Å². The second-order valence-corrected chi connectivity index (χ2v) is 6.11. The molecule has 0 aliphatic heterocycles. The zero-order valence-corrected chi connectivity index (χ0v) is 11.0. The monoisotopic (exact) mass is 262 g/mol. The fourth-order valence-corrected chi connectivity index (χ4v) is 3.22. The lowest BCUT2D eigenvalue weighted by Crippen LogP contribution is -2.33. The predicted molar refractivity (Wildman–Crippen MR) is 65.9 cm³/mol. The first-order valence-corrected chi connectivity index (χ1v) is 6.62. The van der Waals surface area contributed by atoms with Gasteiger partial charge in [0.1, 0.15) is 4.90 Å². The highest BCUT2D eigenvalue weighted by Gasteiger charge is 2.27. The van der Waals surface area contributed by atoms with Crippen molar-refractivity contribution in [3.05, 3.63) is 23.2 Å². The molecule has 0 atom stereocenters. The van der Waals surface area contributed by atoms with Crippen LogP contribution in [0, 0.1) is 0 Å². The van der Waals surface area contributed by atoms with E-state index in [9.17, 15) is 8.42 Å². The molecule has 1 aromatic carbocycles. The Morgan fingerprint density at radius 2 is 1.94 bits per heavy atom. The summed E-state index contributed by atoms with van der Waals surface area (Å²) in [5, 5.41) is 0.146. The van der Waals surface area contributed by atoms with Crippen LogP contribution in [-0.4, -0.2) is 25.8 Å². The first kappa shape index (κ1) is 13.3. The van der Waals surface area contributed by atoms with Crippen LogP contribution < -0.4 is 5.73 Å². The Balaban J connectivity index is 3.39. The Morgan fingerprint density at radius 1 is 1.38 bits per heavy atom. The molecule has 0 aliphatic carbocycles. The lowest BCUT2D eigenvalue weighted by Gasteiger charge is -2.22.